The number of rotatable bonds is 0. The van der Waals surface area contributed by atoms with E-state index in [2.05, 4.69) is 15.2 Å². The summed E-state index contributed by atoms with van der Waals surface area (Å²) in [5.74, 6) is -0.580. The van der Waals surface area contributed by atoms with E-state index in [0.29, 0.717) is 6.07 Å². The molecule has 0 fully saturated rings. The predicted octanol–water partition coefficient (Wildman–Crippen LogP) is 0.0186. The zero-order chi connectivity index (χ0) is 11.2. The van der Waals surface area contributed by atoms with E-state index < -0.39 is 17.4 Å². The van der Waals surface area contributed by atoms with Crippen molar-refractivity contribution in [1.82, 2.24) is 19.6 Å². The third-order valence-corrected chi connectivity index (χ3v) is 1.71. The summed E-state index contributed by atoms with van der Waals surface area (Å²) in [7, 11) is 0. The molecule has 15 heavy (non-hydrogen) atoms. The third kappa shape index (κ3) is 1.41. The van der Waals surface area contributed by atoms with Crippen LogP contribution in [0, 0.1) is 0 Å². The number of fused-ring (bicyclic) bond motifs is 1. The number of aromatic amines is 1. The van der Waals surface area contributed by atoms with Gasteiger partial charge in [0.25, 0.3) is 5.56 Å². The summed E-state index contributed by atoms with van der Waals surface area (Å²) in [6.45, 7) is 0. The summed E-state index contributed by atoms with van der Waals surface area (Å²) >= 11 is 0. The molecule has 3 N–H and O–H groups in total. The summed E-state index contributed by atoms with van der Waals surface area (Å²) < 4.78 is 37.4. The third-order valence-electron chi connectivity index (χ3n) is 1.71. The van der Waals surface area contributed by atoms with Crippen molar-refractivity contribution in [2.45, 2.75) is 6.18 Å². The van der Waals surface area contributed by atoms with Gasteiger partial charge in [0, 0.05) is 6.07 Å². The molecule has 2 aromatic heterocycles. The Morgan fingerprint density at radius 3 is 2.73 bits per heavy atom. The number of hydrogen-bond donors (Lipinski definition) is 2. The van der Waals surface area contributed by atoms with Gasteiger partial charge >= 0.3 is 6.18 Å². The van der Waals surface area contributed by atoms with Crippen molar-refractivity contribution in [3.05, 3.63) is 22.1 Å². The zero-order valence-electron chi connectivity index (χ0n) is 7.04. The molecule has 9 heteroatoms. The Labute approximate surface area is 79.5 Å². The molecule has 2 aromatic rings. The molecule has 0 unspecified atom stereocenters. The molecule has 0 aliphatic heterocycles. The smallest absolute Gasteiger partial charge is 0.368 e. The van der Waals surface area contributed by atoms with Gasteiger partial charge in [-0.05, 0) is 0 Å². The monoisotopic (exact) mass is 219 g/mol. The van der Waals surface area contributed by atoms with Crippen LogP contribution in [0.25, 0.3) is 5.78 Å². The molecule has 0 saturated heterocycles. The lowest BCUT2D eigenvalue weighted by Crippen LogP contribution is -2.20. The first-order valence-corrected chi connectivity index (χ1v) is 3.70. The first-order valence-electron chi connectivity index (χ1n) is 3.70. The van der Waals surface area contributed by atoms with E-state index >= 15 is 0 Å². The van der Waals surface area contributed by atoms with E-state index in [4.69, 9.17) is 5.73 Å². The number of aromatic nitrogens is 4. The second-order valence-corrected chi connectivity index (χ2v) is 2.72. The van der Waals surface area contributed by atoms with Crippen LogP contribution in [-0.2, 0) is 6.18 Å². The van der Waals surface area contributed by atoms with Gasteiger partial charge in [0.15, 0.2) is 5.69 Å². The average molecular weight is 219 g/mol. The van der Waals surface area contributed by atoms with Crippen LogP contribution < -0.4 is 11.3 Å². The number of nitrogens with zero attached hydrogens (tertiary/aromatic N) is 3. The van der Waals surface area contributed by atoms with E-state index in [1.165, 1.54) is 0 Å². The average Bonchev–Trinajstić information content (AvgIpc) is 2.46. The van der Waals surface area contributed by atoms with Gasteiger partial charge in [-0.3, -0.25) is 4.79 Å². The molecular formula is C6H4F3N5O. The predicted molar refractivity (Wildman–Crippen MR) is 43.0 cm³/mol. The van der Waals surface area contributed by atoms with E-state index in [1.807, 2.05) is 0 Å². The first-order chi connectivity index (χ1) is 6.89. The van der Waals surface area contributed by atoms with E-state index in [1.54, 1.807) is 0 Å². The van der Waals surface area contributed by atoms with Crippen LogP contribution in [0.5, 0.6) is 0 Å². The lowest BCUT2D eigenvalue weighted by Gasteiger charge is -2.04. The molecule has 0 bridgehead atoms. The summed E-state index contributed by atoms with van der Waals surface area (Å²) in [5.41, 5.74) is 3.02. The van der Waals surface area contributed by atoms with Gasteiger partial charge in [-0.1, -0.05) is 0 Å². The molecule has 0 aromatic carbocycles. The molecule has 0 aliphatic carbocycles. The number of anilines is 1. The van der Waals surface area contributed by atoms with Crippen molar-refractivity contribution in [3.63, 3.8) is 0 Å². The Balaban J connectivity index is 2.81. The van der Waals surface area contributed by atoms with Crippen LogP contribution in [0.1, 0.15) is 5.69 Å². The van der Waals surface area contributed by atoms with Crippen LogP contribution in [0.2, 0.25) is 0 Å². The highest BCUT2D eigenvalue weighted by Crippen LogP contribution is 2.26. The minimum absolute atomic E-state index is 0.240. The number of halogens is 3. The van der Waals surface area contributed by atoms with Crippen LogP contribution >= 0.6 is 0 Å². The topological polar surface area (TPSA) is 89.1 Å². The lowest BCUT2D eigenvalue weighted by molar-refractivity contribution is -0.141. The fourth-order valence-corrected chi connectivity index (χ4v) is 1.08. The minimum atomic E-state index is -4.67. The number of H-pyrrole nitrogens is 1. The summed E-state index contributed by atoms with van der Waals surface area (Å²) in [6.07, 6.45) is -4.67. The van der Waals surface area contributed by atoms with Crippen LogP contribution in [0.3, 0.4) is 0 Å². The van der Waals surface area contributed by atoms with E-state index in [0.717, 1.165) is 4.40 Å². The summed E-state index contributed by atoms with van der Waals surface area (Å²) in [6, 6.07) is 0.360. The van der Waals surface area contributed by atoms with Crippen molar-refractivity contribution >= 4 is 11.7 Å². The quantitative estimate of drug-likeness (QED) is 0.653. The maximum absolute atomic E-state index is 12.2. The zero-order valence-corrected chi connectivity index (χ0v) is 7.04. The molecule has 2 rings (SSSR count). The fraction of sp³-hybridized carbons (Fsp3) is 0.167. The molecular weight excluding hydrogens is 215 g/mol. The van der Waals surface area contributed by atoms with E-state index in [-0.39, 0.29) is 11.7 Å². The van der Waals surface area contributed by atoms with E-state index in [9.17, 15) is 18.0 Å². The molecule has 0 aliphatic rings. The standard InChI is InChI=1S/C6H4F3N5O/c7-6(8,9)2-1-3(15)14-4(10)12-13-5(14)11-2/h1H,(H2,10,12)(H,11,13). The highest BCUT2D eigenvalue weighted by molar-refractivity contribution is 5.36. The number of nitrogen functional groups attached to an aromatic ring is 1. The highest BCUT2D eigenvalue weighted by atomic mass is 19.4. The van der Waals surface area contributed by atoms with Gasteiger partial charge in [0.05, 0.1) is 0 Å². The Hall–Kier alpha value is -2.06. The van der Waals surface area contributed by atoms with Gasteiger partial charge < -0.3 is 5.73 Å². The van der Waals surface area contributed by atoms with Crippen molar-refractivity contribution < 1.29 is 13.2 Å². The van der Waals surface area contributed by atoms with Gasteiger partial charge in [-0.2, -0.15) is 13.2 Å². The van der Waals surface area contributed by atoms with Crippen molar-refractivity contribution in [2.24, 2.45) is 0 Å². The maximum atomic E-state index is 12.2. The Morgan fingerprint density at radius 1 is 1.47 bits per heavy atom. The van der Waals surface area contributed by atoms with Gasteiger partial charge in [-0.25, -0.2) is 14.5 Å². The maximum Gasteiger partial charge on any atom is 0.433 e. The van der Waals surface area contributed by atoms with Crippen molar-refractivity contribution in [2.75, 3.05) is 5.73 Å². The minimum Gasteiger partial charge on any atom is -0.368 e. The van der Waals surface area contributed by atoms with Gasteiger partial charge in [-0.15, -0.1) is 5.10 Å². The number of nitrogens with two attached hydrogens (primary N) is 1. The van der Waals surface area contributed by atoms with Crippen LogP contribution in [-0.4, -0.2) is 19.6 Å². The molecule has 0 amide bonds. The molecule has 80 valence electrons. The molecule has 0 spiro atoms. The lowest BCUT2D eigenvalue weighted by atomic mass is 10.4. The Morgan fingerprint density at radius 2 is 2.13 bits per heavy atom. The summed E-state index contributed by atoms with van der Waals surface area (Å²) in [4.78, 5) is 14.4. The fourth-order valence-electron chi connectivity index (χ4n) is 1.08. The normalized spacial score (nSPS) is 12.2. The number of alkyl halides is 3. The second kappa shape index (κ2) is 2.72. The number of hydrogen-bond acceptors (Lipinski definition) is 4. The Kier molecular flexibility index (Phi) is 1.72. The summed E-state index contributed by atoms with van der Waals surface area (Å²) in [5, 5.41) is 5.48. The van der Waals surface area contributed by atoms with Crippen LogP contribution in [0.15, 0.2) is 10.9 Å². The molecule has 6 nitrogen and oxygen atoms in total. The molecule has 0 atom stereocenters. The molecule has 0 saturated carbocycles. The number of nitrogens with one attached hydrogen (secondary N) is 1. The van der Waals surface area contributed by atoms with Crippen molar-refractivity contribution in [1.29, 1.82) is 0 Å². The largest absolute Gasteiger partial charge is 0.433 e. The molecule has 0 radical (unpaired) electrons. The SMILES string of the molecule is Nc1n[nH]c2nc(C(F)(F)F)cc(=O)n12. The van der Waals surface area contributed by atoms with Gasteiger partial charge in [0.1, 0.15) is 0 Å². The van der Waals surface area contributed by atoms with Crippen molar-refractivity contribution in [3.8, 4) is 0 Å². The second-order valence-electron chi connectivity index (χ2n) is 2.72. The van der Waals surface area contributed by atoms with Crippen LogP contribution in [0.4, 0.5) is 19.1 Å². The highest BCUT2D eigenvalue weighted by Gasteiger charge is 2.33. The molecule has 2 heterocycles. The Bertz CT molecular complexity index is 568. The van der Waals surface area contributed by atoms with Gasteiger partial charge in [0.2, 0.25) is 11.7 Å². The first kappa shape index (κ1) is 9.49.